The lowest BCUT2D eigenvalue weighted by molar-refractivity contribution is -0.130. The molecule has 18 heavy (non-hydrogen) atoms. The smallest absolute Gasteiger partial charge is 0.257 e. The van der Waals surface area contributed by atoms with Crippen LogP contribution in [0.3, 0.4) is 0 Å². The molecule has 6 heteroatoms. The number of hydrogen-bond acceptors (Lipinski definition) is 4. The monoisotopic (exact) mass is 253 g/mol. The van der Waals surface area contributed by atoms with Crippen LogP contribution >= 0.6 is 0 Å². The van der Waals surface area contributed by atoms with E-state index in [9.17, 15) is 9.18 Å². The number of amides is 1. The lowest BCUT2D eigenvalue weighted by atomic mass is 10.2. The van der Waals surface area contributed by atoms with E-state index in [-0.39, 0.29) is 12.4 Å². The van der Waals surface area contributed by atoms with Crippen molar-refractivity contribution in [1.29, 1.82) is 0 Å². The van der Waals surface area contributed by atoms with Crippen LogP contribution in [0.1, 0.15) is 0 Å². The van der Waals surface area contributed by atoms with E-state index in [4.69, 9.17) is 5.21 Å². The van der Waals surface area contributed by atoms with Crippen LogP contribution in [0.25, 0.3) is 0 Å². The number of halogens is 1. The maximum absolute atomic E-state index is 12.8. The molecule has 1 amide bonds. The molecule has 0 bridgehead atoms. The minimum atomic E-state index is -0.398. The molecule has 0 atom stereocenters. The third kappa shape index (κ3) is 3.18. The highest BCUT2D eigenvalue weighted by Gasteiger charge is 2.18. The van der Waals surface area contributed by atoms with Crippen LogP contribution in [0.15, 0.2) is 24.3 Å². The quantitative estimate of drug-likeness (QED) is 0.607. The molecule has 0 aromatic heterocycles. The van der Waals surface area contributed by atoms with Gasteiger partial charge in [0.1, 0.15) is 5.82 Å². The first kappa shape index (κ1) is 12.8. The van der Waals surface area contributed by atoms with E-state index in [1.807, 2.05) is 4.90 Å². The Morgan fingerprint density at radius 1 is 1.22 bits per heavy atom. The Bertz CT molecular complexity index is 402. The van der Waals surface area contributed by atoms with Gasteiger partial charge in [-0.05, 0) is 24.3 Å². The zero-order valence-electron chi connectivity index (χ0n) is 9.97. The molecule has 1 aromatic rings. The summed E-state index contributed by atoms with van der Waals surface area (Å²) in [7, 11) is 0. The zero-order chi connectivity index (χ0) is 13.0. The van der Waals surface area contributed by atoms with Gasteiger partial charge < -0.3 is 4.90 Å². The first-order chi connectivity index (χ1) is 8.69. The second kappa shape index (κ2) is 5.79. The van der Waals surface area contributed by atoms with E-state index in [0.29, 0.717) is 0 Å². The van der Waals surface area contributed by atoms with Gasteiger partial charge in [-0.15, -0.1) is 0 Å². The second-order valence-electron chi connectivity index (χ2n) is 4.27. The number of anilines is 1. The molecule has 0 unspecified atom stereocenters. The van der Waals surface area contributed by atoms with Gasteiger partial charge >= 0.3 is 0 Å². The average molecular weight is 253 g/mol. The van der Waals surface area contributed by atoms with Crippen LogP contribution in [-0.2, 0) is 4.79 Å². The predicted octanol–water partition coefficient (Wildman–Crippen LogP) is 0.453. The molecule has 2 rings (SSSR count). The Balaban J connectivity index is 1.86. The SMILES string of the molecule is O=C(CN1CCN(c2ccc(F)cc2)CC1)NO. The van der Waals surface area contributed by atoms with Crippen molar-refractivity contribution >= 4 is 11.6 Å². The second-order valence-corrected chi connectivity index (χ2v) is 4.27. The molecule has 0 radical (unpaired) electrons. The van der Waals surface area contributed by atoms with Gasteiger partial charge in [-0.2, -0.15) is 0 Å². The molecule has 1 aliphatic heterocycles. The fraction of sp³-hybridized carbons (Fsp3) is 0.417. The number of nitrogens with zero attached hydrogens (tertiary/aromatic N) is 2. The number of piperazine rings is 1. The highest BCUT2D eigenvalue weighted by Crippen LogP contribution is 2.16. The number of hydrogen-bond donors (Lipinski definition) is 2. The van der Waals surface area contributed by atoms with Gasteiger partial charge in [-0.3, -0.25) is 14.9 Å². The largest absolute Gasteiger partial charge is 0.369 e. The third-order valence-electron chi connectivity index (χ3n) is 3.06. The van der Waals surface area contributed by atoms with Gasteiger partial charge in [0, 0.05) is 31.9 Å². The summed E-state index contributed by atoms with van der Waals surface area (Å²) in [6.45, 7) is 3.25. The normalized spacial score (nSPS) is 16.7. The number of carbonyl (C=O) groups is 1. The van der Waals surface area contributed by atoms with E-state index in [2.05, 4.69) is 4.90 Å². The molecule has 1 heterocycles. The summed E-state index contributed by atoms with van der Waals surface area (Å²) < 4.78 is 12.8. The molecular formula is C12H16FN3O2. The van der Waals surface area contributed by atoms with Crippen molar-refractivity contribution in [3.63, 3.8) is 0 Å². The van der Waals surface area contributed by atoms with E-state index >= 15 is 0 Å². The fourth-order valence-electron chi connectivity index (χ4n) is 2.05. The van der Waals surface area contributed by atoms with Crippen molar-refractivity contribution in [3.8, 4) is 0 Å². The average Bonchev–Trinajstić information content (AvgIpc) is 2.40. The topological polar surface area (TPSA) is 55.8 Å². The Morgan fingerprint density at radius 3 is 2.39 bits per heavy atom. The summed E-state index contributed by atoms with van der Waals surface area (Å²) in [5, 5.41) is 8.45. The Hall–Kier alpha value is -1.66. The lowest BCUT2D eigenvalue weighted by Crippen LogP contribution is -2.49. The summed E-state index contributed by atoms with van der Waals surface area (Å²) in [5.74, 6) is -0.637. The number of rotatable bonds is 3. The van der Waals surface area contributed by atoms with Gasteiger partial charge in [0.15, 0.2) is 0 Å². The molecule has 0 aliphatic carbocycles. The fourth-order valence-corrected chi connectivity index (χ4v) is 2.05. The first-order valence-electron chi connectivity index (χ1n) is 5.85. The molecule has 5 nitrogen and oxygen atoms in total. The third-order valence-corrected chi connectivity index (χ3v) is 3.06. The minimum Gasteiger partial charge on any atom is -0.369 e. The molecule has 1 fully saturated rings. The molecular weight excluding hydrogens is 237 g/mol. The minimum absolute atomic E-state index is 0.202. The van der Waals surface area contributed by atoms with Gasteiger partial charge in [-0.25, -0.2) is 9.87 Å². The van der Waals surface area contributed by atoms with Crippen LogP contribution in [0, 0.1) is 5.82 Å². The van der Waals surface area contributed by atoms with E-state index in [1.54, 1.807) is 17.6 Å². The van der Waals surface area contributed by atoms with Gasteiger partial charge in [0.2, 0.25) is 0 Å². The number of benzene rings is 1. The van der Waals surface area contributed by atoms with Crippen LogP contribution in [0.2, 0.25) is 0 Å². The van der Waals surface area contributed by atoms with Gasteiger partial charge in [0.05, 0.1) is 6.54 Å². The van der Waals surface area contributed by atoms with Crippen molar-refractivity contribution < 1.29 is 14.4 Å². The summed E-state index contributed by atoms with van der Waals surface area (Å²) in [6, 6.07) is 6.40. The van der Waals surface area contributed by atoms with Crippen molar-refractivity contribution in [2.75, 3.05) is 37.6 Å². The maximum Gasteiger partial charge on any atom is 0.257 e. The van der Waals surface area contributed by atoms with Crippen LogP contribution in [0.4, 0.5) is 10.1 Å². The van der Waals surface area contributed by atoms with Crippen molar-refractivity contribution in [3.05, 3.63) is 30.1 Å². The Labute approximate surface area is 105 Å². The van der Waals surface area contributed by atoms with E-state index in [1.165, 1.54) is 12.1 Å². The molecule has 1 aliphatic rings. The molecule has 0 spiro atoms. The van der Waals surface area contributed by atoms with Crippen LogP contribution < -0.4 is 10.4 Å². The number of hydroxylamine groups is 1. The predicted molar refractivity (Wildman–Crippen MR) is 65.0 cm³/mol. The first-order valence-corrected chi connectivity index (χ1v) is 5.85. The van der Waals surface area contributed by atoms with Gasteiger partial charge in [-0.1, -0.05) is 0 Å². The molecule has 1 saturated heterocycles. The summed E-state index contributed by atoms with van der Waals surface area (Å²) >= 11 is 0. The molecule has 0 saturated carbocycles. The maximum atomic E-state index is 12.8. The van der Waals surface area contributed by atoms with E-state index in [0.717, 1.165) is 31.9 Å². The van der Waals surface area contributed by atoms with Crippen LogP contribution in [-0.4, -0.2) is 48.7 Å². The zero-order valence-corrected chi connectivity index (χ0v) is 9.97. The summed E-state index contributed by atoms with van der Waals surface area (Å²) in [6.07, 6.45) is 0. The number of nitrogens with one attached hydrogen (secondary N) is 1. The van der Waals surface area contributed by atoms with Crippen LogP contribution in [0.5, 0.6) is 0 Å². The Morgan fingerprint density at radius 2 is 1.83 bits per heavy atom. The molecule has 2 N–H and O–H groups in total. The highest BCUT2D eigenvalue weighted by atomic mass is 19.1. The van der Waals surface area contributed by atoms with E-state index < -0.39 is 5.91 Å². The lowest BCUT2D eigenvalue weighted by Gasteiger charge is -2.35. The Kier molecular flexibility index (Phi) is 4.11. The van der Waals surface area contributed by atoms with Crippen molar-refractivity contribution in [2.24, 2.45) is 0 Å². The molecule has 1 aromatic carbocycles. The standard InChI is InChI=1S/C12H16FN3O2/c13-10-1-3-11(4-2-10)16-7-5-15(6-8-16)9-12(17)14-18/h1-4,18H,5-9H2,(H,14,17). The molecule has 98 valence electrons. The number of carbonyl (C=O) groups excluding carboxylic acids is 1. The summed E-state index contributed by atoms with van der Waals surface area (Å²) in [4.78, 5) is 15.1. The van der Waals surface area contributed by atoms with Crippen molar-refractivity contribution in [2.45, 2.75) is 0 Å². The summed E-state index contributed by atoms with van der Waals surface area (Å²) in [5.41, 5.74) is 2.61. The van der Waals surface area contributed by atoms with Crippen molar-refractivity contribution in [1.82, 2.24) is 10.4 Å². The highest BCUT2D eigenvalue weighted by molar-refractivity contribution is 5.76. The van der Waals surface area contributed by atoms with Gasteiger partial charge in [0.25, 0.3) is 5.91 Å².